The average Bonchev–Trinajstić information content (AvgIpc) is 2.40. The van der Waals surface area contributed by atoms with E-state index in [0.29, 0.717) is 24.8 Å². The first-order chi connectivity index (χ1) is 8.80. The van der Waals surface area contributed by atoms with Crippen LogP contribution < -0.4 is 16.0 Å². The van der Waals surface area contributed by atoms with Crippen LogP contribution in [0.25, 0.3) is 0 Å². The van der Waals surface area contributed by atoms with Crippen molar-refractivity contribution in [3.8, 4) is 0 Å². The van der Waals surface area contributed by atoms with Gasteiger partial charge in [0.1, 0.15) is 11.6 Å². The molecule has 0 saturated heterocycles. The zero-order valence-electron chi connectivity index (χ0n) is 10.2. The van der Waals surface area contributed by atoms with E-state index in [1.807, 2.05) is 7.05 Å². The fourth-order valence-electron chi connectivity index (χ4n) is 1.14. The Morgan fingerprint density at radius 2 is 1.56 bits per heavy atom. The second kappa shape index (κ2) is 9.82. The van der Waals surface area contributed by atoms with Crippen LogP contribution in [0.5, 0.6) is 0 Å². The summed E-state index contributed by atoms with van der Waals surface area (Å²) in [7, 11) is 1.89. The molecule has 0 aromatic carbocycles. The molecule has 0 atom stereocenters. The minimum atomic E-state index is 0.590. The maximum absolute atomic E-state index is 4.37. The molecular formula is C9H18N6S3. The van der Waals surface area contributed by atoms with Gasteiger partial charge in [-0.2, -0.15) is 25.3 Å². The highest BCUT2D eigenvalue weighted by Gasteiger charge is 2.06. The second-order valence-corrected chi connectivity index (χ2v) is 4.84. The van der Waals surface area contributed by atoms with Crippen LogP contribution in [0, 0.1) is 0 Å². The third kappa shape index (κ3) is 6.21. The molecule has 6 nitrogen and oxygen atoms in total. The lowest BCUT2D eigenvalue weighted by molar-refractivity contribution is 0.655. The summed E-state index contributed by atoms with van der Waals surface area (Å²) in [6.07, 6.45) is 0. The average molecular weight is 306 g/mol. The van der Waals surface area contributed by atoms with E-state index < -0.39 is 0 Å². The molecule has 0 aliphatic carbocycles. The van der Waals surface area contributed by atoms with E-state index >= 15 is 0 Å². The predicted octanol–water partition coefficient (Wildman–Crippen LogP) is 0.0944. The number of aromatic nitrogens is 3. The predicted molar refractivity (Wildman–Crippen MR) is 81.0 cm³/mol. The summed E-state index contributed by atoms with van der Waals surface area (Å²) in [6.45, 7) is 1.18. The Kier molecular flexibility index (Phi) is 8.72. The minimum absolute atomic E-state index is 0.590. The molecule has 0 aliphatic heterocycles. The van der Waals surface area contributed by atoms with Crippen LogP contribution in [-0.2, 0) is 13.1 Å². The van der Waals surface area contributed by atoms with Crippen molar-refractivity contribution in [2.75, 3.05) is 24.7 Å². The fraction of sp³-hybridized carbons (Fsp3) is 0.667. The van der Waals surface area contributed by atoms with E-state index in [4.69, 9.17) is 0 Å². The number of thiol groups is 2. The van der Waals surface area contributed by atoms with Crippen LogP contribution >= 0.6 is 37.0 Å². The van der Waals surface area contributed by atoms with Crippen molar-refractivity contribution in [1.29, 1.82) is 0 Å². The molecule has 0 radical (unpaired) electrons. The Morgan fingerprint density at radius 3 is 2.00 bits per heavy atom. The lowest BCUT2D eigenvalue weighted by Gasteiger charge is -2.07. The Morgan fingerprint density at radius 1 is 1.00 bits per heavy atom. The lowest BCUT2D eigenvalue weighted by atomic mass is 10.5. The maximum Gasteiger partial charge on any atom is 0.192 e. The van der Waals surface area contributed by atoms with Gasteiger partial charge in [-0.3, -0.25) is 0 Å². The zero-order valence-corrected chi connectivity index (χ0v) is 12.8. The van der Waals surface area contributed by atoms with E-state index in [2.05, 4.69) is 56.2 Å². The largest absolute Gasteiger partial charge is 0.311 e. The number of rotatable bonds is 9. The first kappa shape index (κ1) is 16.0. The number of hydrogen-bond donors (Lipinski definition) is 5. The van der Waals surface area contributed by atoms with E-state index in [1.54, 1.807) is 11.8 Å². The van der Waals surface area contributed by atoms with Crippen molar-refractivity contribution in [3.63, 3.8) is 0 Å². The van der Waals surface area contributed by atoms with Gasteiger partial charge in [0, 0.05) is 17.6 Å². The van der Waals surface area contributed by atoms with E-state index in [-0.39, 0.29) is 0 Å². The van der Waals surface area contributed by atoms with Crippen LogP contribution in [0.4, 0.5) is 0 Å². The topological polar surface area (TPSA) is 74.8 Å². The van der Waals surface area contributed by atoms with Gasteiger partial charge in [-0.25, -0.2) is 15.0 Å². The summed E-state index contributed by atoms with van der Waals surface area (Å²) in [5, 5.41) is 9.94. The second-order valence-electron chi connectivity index (χ2n) is 3.26. The normalized spacial score (nSPS) is 10.8. The monoisotopic (exact) mass is 306 g/mol. The van der Waals surface area contributed by atoms with Crippen LogP contribution in [0.1, 0.15) is 11.6 Å². The molecular weight excluding hydrogens is 288 g/mol. The molecule has 3 N–H and O–H groups in total. The van der Waals surface area contributed by atoms with Gasteiger partial charge >= 0.3 is 0 Å². The van der Waals surface area contributed by atoms with Crippen LogP contribution in [0.3, 0.4) is 0 Å². The van der Waals surface area contributed by atoms with E-state index in [1.165, 1.54) is 0 Å². The van der Waals surface area contributed by atoms with Gasteiger partial charge in [0.25, 0.3) is 0 Å². The van der Waals surface area contributed by atoms with Crippen molar-refractivity contribution >= 4 is 37.0 Å². The van der Waals surface area contributed by atoms with Gasteiger partial charge in [0.15, 0.2) is 5.16 Å². The Balaban J connectivity index is 2.74. The lowest BCUT2D eigenvalue weighted by Crippen LogP contribution is -2.19. The Hall–Kier alpha value is -0.0600. The third-order valence-corrected chi connectivity index (χ3v) is 3.16. The van der Waals surface area contributed by atoms with Crippen molar-refractivity contribution in [2.45, 2.75) is 18.2 Å². The number of nitrogens with one attached hydrogen (secondary N) is 3. The summed E-state index contributed by atoms with van der Waals surface area (Å²) in [5.41, 5.74) is 0. The third-order valence-electron chi connectivity index (χ3n) is 1.84. The first-order valence-electron chi connectivity index (χ1n) is 5.44. The molecule has 0 bridgehead atoms. The number of nitrogens with zero attached hydrogens (tertiary/aromatic N) is 3. The maximum atomic E-state index is 4.37. The number of thioether (sulfide) groups is 1. The van der Waals surface area contributed by atoms with E-state index in [0.717, 1.165) is 22.7 Å². The molecule has 0 unspecified atom stereocenters. The van der Waals surface area contributed by atoms with Crippen LogP contribution in [-0.4, -0.2) is 39.6 Å². The van der Waals surface area contributed by atoms with Gasteiger partial charge in [-0.15, -0.1) is 0 Å². The summed E-state index contributed by atoms with van der Waals surface area (Å²) in [5.74, 6) is 3.41. The molecule has 1 aromatic rings. The van der Waals surface area contributed by atoms with E-state index in [9.17, 15) is 0 Å². The first-order valence-corrected chi connectivity index (χ1v) is 7.69. The van der Waals surface area contributed by atoms with Crippen molar-refractivity contribution < 1.29 is 0 Å². The van der Waals surface area contributed by atoms with Gasteiger partial charge in [-0.1, -0.05) is 11.8 Å². The molecule has 0 aliphatic rings. The SMILES string of the molecule is CNCSc1nc(CNCS)nc(CNCS)n1. The highest BCUT2D eigenvalue weighted by molar-refractivity contribution is 7.99. The molecule has 1 aromatic heterocycles. The molecule has 18 heavy (non-hydrogen) atoms. The molecule has 102 valence electrons. The van der Waals surface area contributed by atoms with Crippen LogP contribution in [0.2, 0.25) is 0 Å². The summed E-state index contributed by atoms with van der Waals surface area (Å²) >= 11 is 9.74. The molecule has 0 saturated carbocycles. The molecule has 0 fully saturated rings. The Labute approximate surface area is 122 Å². The molecule has 9 heteroatoms. The van der Waals surface area contributed by atoms with Gasteiger partial charge in [0.05, 0.1) is 13.1 Å². The van der Waals surface area contributed by atoms with Crippen molar-refractivity contribution in [1.82, 2.24) is 30.9 Å². The Bertz CT molecular complexity index is 286. The van der Waals surface area contributed by atoms with Gasteiger partial charge in [-0.05, 0) is 7.05 Å². The van der Waals surface area contributed by atoms with Crippen LogP contribution in [0.15, 0.2) is 5.16 Å². The molecule has 1 heterocycles. The summed E-state index contributed by atoms with van der Waals surface area (Å²) in [6, 6.07) is 0. The van der Waals surface area contributed by atoms with Gasteiger partial charge in [0.2, 0.25) is 0 Å². The van der Waals surface area contributed by atoms with Gasteiger partial charge < -0.3 is 16.0 Å². The smallest absolute Gasteiger partial charge is 0.192 e. The molecule has 1 rings (SSSR count). The highest BCUT2D eigenvalue weighted by Crippen LogP contribution is 2.11. The zero-order chi connectivity index (χ0) is 13.2. The highest BCUT2D eigenvalue weighted by atomic mass is 32.2. The standard InChI is InChI=1S/C9H18N6S3/c1-10-6-18-9-14-7(2-11-4-16)13-8(15-9)3-12-5-17/h10-12,16-17H,2-6H2,1H3. The van der Waals surface area contributed by atoms with Crippen molar-refractivity contribution in [2.24, 2.45) is 0 Å². The number of hydrogen-bond acceptors (Lipinski definition) is 9. The quantitative estimate of drug-likeness (QED) is 0.252. The molecule has 0 spiro atoms. The summed E-state index contributed by atoms with van der Waals surface area (Å²) in [4.78, 5) is 13.1. The van der Waals surface area contributed by atoms with Crippen molar-refractivity contribution in [3.05, 3.63) is 11.6 Å². The fourth-order valence-corrected chi connectivity index (χ4v) is 1.98. The minimum Gasteiger partial charge on any atom is -0.311 e. The summed E-state index contributed by atoms with van der Waals surface area (Å²) < 4.78 is 0. The molecule has 0 amide bonds.